The summed E-state index contributed by atoms with van der Waals surface area (Å²) in [4.78, 5) is 26.8. The number of rotatable bonds is 4. The van der Waals surface area contributed by atoms with Crippen LogP contribution in [0.1, 0.15) is 28.9 Å². The Labute approximate surface area is 170 Å². The number of likely N-dealkylation sites (tertiary alicyclic amines) is 1. The zero-order valence-corrected chi connectivity index (χ0v) is 16.0. The van der Waals surface area contributed by atoms with Crippen LogP contribution in [0.2, 0.25) is 0 Å². The Balaban J connectivity index is 1.32. The van der Waals surface area contributed by atoms with Gasteiger partial charge in [0.05, 0.1) is 0 Å². The Kier molecular flexibility index (Phi) is 5.40. The highest BCUT2D eigenvalue weighted by atomic mass is 19.4. The number of halogens is 3. The molecule has 0 bridgehead atoms. The molecule has 1 aromatic carbocycles. The third-order valence-corrected chi connectivity index (χ3v) is 5.27. The van der Waals surface area contributed by atoms with Gasteiger partial charge in [0.25, 0.3) is 0 Å². The number of ether oxygens (including phenoxy) is 2. The summed E-state index contributed by atoms with van der Waals surface area (Å²) in [6.45, 7) is 1.38. The molecule has 0 spiro atoms. The van der Waals surface area contributed by atoms with Gasteiger partial charge in [-0.2, -0.15) is 18.3 Å². The lowest BCUT2D eigenvalue weighted by molar-refractivity contribution is -0.142. The molecule has 0 atom stereocenters. The summed E-state index contributed by atoms with van der Waals surface area (Å²) in [5, 5.41) is 3.40. The molecule has 1 fully saturated rings. The lowest BCUT2D eigenvalue weighted by Gasteiger charge is -2.31. The molecular formula is C20H20F3N3O4. The molecule has 30 heavy (non-hydrogen) atoms. The first-order chi connectivity index (χ1) is 14.3. The minimum atomic E-state index is -4.54. The molecule has 0 radical (unpaired) electrons. The number of ketones is 1. The fraction of sp³-hybridized carbons (Fsp3) is 0.450. The van der Waals surface area contributed by atoms with Crippen LogP contribution < -0.4 is 9.47 Å². The maximum absolute atomic E-state index is 12.8. The first kappa shape index (κ1) is 20.2. The number of benzene rings is 1. The van der Waals surface area contributed by atoms with E-state index in [0.29, 0.717) is 56.2 Å². The zero-order valence-electron chi connectivity index (χ0n) is 16.0. The number of aromatic nitrogens is 2. The molecule has 2 aliphatic rings. The molecule has 0 N–H and O–H groups in total. The van der Waals surface area contributed by atoms with E-state index in [0.717, 1.165) is 16.9 Å². The number of carbonyl (C=O) groups is 2. The van der Waals surface area contributed by atoms with E-state index in [1.807, 2.05) is 0 Å². The van der Waals surface area contributed by atoms with Crippen molar-refractivity contribution in [3.05, 3.63) is 41.7 Å². The minimum Gasteiger partial charge on any atom is -0.486 e. The number of Topliss-reactive ketones (excluding diaryl/α,β-unsaturated/α-hetero) is 1. The van der Waals surface area contributed by atoms with Gasteiger partial charge in [-0.25, -0.2) is 0 Å². The predicted octanol–water partition coefficient (Wildman–Crippen LogP) is 2.79. The first-order valence-corrected chi connectivity index (χ1v) is 9.63. The SMILES string of the molecule is O=C(c1ccc2c(c1)OCCO2)C1CCN(C(=O)Cn2ccc(C(F)(F)F)n2)CC1. The van der Waals surface area contributed by atoms with Crippen LogP contribution in [-0.2, 0) is 17.5 Å². The number of amides is 1. The van der Waals surface area contributed by atoms with Gasteiger partial charge in [-0.15, -0.1) is 0 Å². The van der Waals surface area contributed by atoms with Gasteiger partial charge in [0, 0.05) is 30.8 Å². The summed E-state index contributed by atoms with van der Waals surface area (Å²) in [5.41, 5.74) is -0.487. The molecule has 0 saturated carbocycles. The molecule has 2 aromatic rings. The van der Waals surface area contributed by atoms with Crippen LogP contribution in [0.5, 0.6) is 11.5 Å². The summed E-state index contributed by atoms with van der Waals surface area (Å²) in [5.74, 6) is 0.610. The van der Waals surface area contributed by atoms with E-state index in [1.165, 1.54) is 0 Å². The maximum atomic E-state index is 12.8. The molecule has 1 aromatic heterocycles. The molecular weight excluding hydrogens is 403 g/mol. The van der Waals surface area contributed by atoms with E-state index in [9.17, 15) is 22.8 Å². The van der Waals surface area contributed by atoms with Crippen LogP contribution >= 0.6 is 0 Å². The molecule has 0 unspecified atom stereocenters. The highest BCUT2D eigenvalue weighted by molar-refractivity contribution is 5.98. The van der Waals surface area contributed by atoms with Crippen molar-refractivity contribution in [2.75, 3.05) is 26.3 Å². The number of nitrogens with zero attached hydrogens (tertiary/aromatic N) is 3. The molecule has 0 aliphatic carbocycles. The van der Waals surface area contributed by atoms with E-state index < -0.39 is 11.9 Å². The van der Waals surface area contributed by atoms with E-state index in [-0.39, 0.29) is 24.2 Å². The highest BCUT2D eigenvalue weighted by Gasteiger charge is 2.34. The van der Waals surface area contributed by atoms with E-state index in [1.54, 1.807) is 23.1 Å². The smallest absolute Gasteiger partial charge is 0.435 e. The maximum Gasteiger partial charge on any atom is 0.435 e. The standard InChI is InChI=1S/C20H20F3N3O4/c21-20(22,23)17-5-8-26(24-17)12-18(27)25-6-3-13(4-7-25)19(28)14-1-2-15-16(11-14)30-10-9-29-15/h1-2,5,8,11,13H,3-4,6-7,9-10,12H2. The third-order valence-electron chi connectivity index (χ3n) is 5.27. The van der Waals surface area contributed by atoms with Gasteiger partial charge in [-0.3, -0.25) is 14.3 Å². The van der Waals surface area contributed by atoms with E-state index >= 15 is 0 Å². The van der Waals surface area contributed by atoms with Crippen LogP contribution in [-0.4, -0.2) is 52.7 Å². The normalized spacial score (nSPS) is 17.1. The number of fused-ring (bicyclic) bond motifs is 1. The van der Waals surface area contributed by atoms with Crippen molar-refractivity contribution in [3.8, 4) is 11.5 Å². The van der Waals surface area contributed by atoms with Crippen molar-refractivity contribution < 1.29 is 32.2 Å². The second kappa shape index (κ2) is 8.00. The second-order valence-corrected chi connectivity index (χ2v) is 7.27. The van der Waals surface area contributed by atoms with Gasteiger partial charge in [-0.1, -0.05) is 0 Å². The third kappa shape index (κ3) is 4.27. The molecule has 7 nitrogen and oxygen atoms in total. The van der Waals surface area contributed by atoms with Crippen LogP contribution in [0.15, 0.2) is 30.5 Å². The van der Waals surface area contributed by atoms with Crippen molar-refractivity contribution >= 4 is 11.7 Å². The number of carbonyl (C=O) groups excluding carboxylic acids is 2. The monoisotopic (exact) mass is 423 g/mol. The highest BCUT2D eigenvalue weighted by Crippen LogP contribution is 2.32. The van der Waals surface area contributed by atoms with Crippen molar-refractivity contribution in [1.29, 1.82) is 0 Å². The largest absolute Gasteiger partial charge is 0.486 e. The van der Waals surface area contributed by atoms with E-state index in [2.05, 4.69) is 5.10 Å². The number of piperidine rings is 1. The Morgan fingerprint density at radius 2 is 1.77 bits per heavy atom. The lowest BCUT2D eigenvalue weighted by atomic mass is 9.88. The molecule has 4 rings (SSSR count). The molecule has 160 valence electrons. The van der Waals surface area contributed by atoms with Crippen molar-refractivity contribution in [3.63, 3.8) is 0 Å². The topological polar surface area (TPSA) is 73.7 Å². The van der Waals surface area contributed by atoms with Gasteiger partial charge in [0.2, 0.25) is 5.91 Å². The Morgan fingerprint density at radius 3 is 2.43 bits per heavy atom. The fourth-order valence-corrected chi connectivity index (χ4v) is 3.66. The molecule has 10 heteroatoms. The minimum absolute atomic E-state index is 0.0130. The number of hydrogen-bond donors (Lipinski definition) is 0. The zero-order chi connectivity index (χ0) is 21.3. The van der Waals surface area contributed by atoms with Crippen LogP contribution in [0.25, 0.3) is 0 Å². The van der Waals surface area contributed by atoms with Gasteiger partial charge in [-0.05, 0) is 37.1 Å². The molecule has 2 aliphatic heterocycles. The van der Waals surface area contributed by atoms with Crippen LogP contribution in [0.4, 0.5) is 13.2 Å². The summed E-state index contributed by atoms with van der Waals surface area (Å²) < 4.78 is 49.8. The average Bonchev–Trinajstić information content (AvgIpc) is 3.22. The summed E-state index contributed by atoms with van der Waals surface area (Å²) >= 11 is 0. The average molecular weight is 423 g/mol. The lowest BCUT2D eigenvalue weighted by Crippen LogP contribution is -2.41. The van der Waals surface area contributed by atoms with Crippen LogP contribution in [0, 0.1) is 5.92 Å². The fourth-order valence-electron chi connectivity index (χ4n) is 3.66. The van der Waals surface area contributed by atoms with E-state index in [4.69, 9.17) is 9.47 Å². The number of alkyl halides is 3. The van der Waals surface area contributed by atoms with Gasteiger partial charge >= 0.3 is 6.18 Å². The summed E-state index contributed by atoms with van der Waals surface area (Å²) in [6, 6.07) is 5.96. The van der Waals surface area contributed by atoms with Crippen molar-refractivity contribution in [2.24, 2.45) is 5.92 Å². The first-order valence-electron chi connectivity index (χ1n) is 9.63. The quantitative estimate of drug-likeness (QED) is 0.708. The number of hydrogen-bond acceptors (Lipinski definition) is 5. The molecule has 1 amide bonds. The Bertz CT molecular complexity index is 949. The van der Waals surface area contributed by atoms with Gasteiger partial charge in [0.15, 0.2) is 23.0 Å². The second-order valence-electron chi connectivity index (χ2n) is 7.27. The Hall–Kier alpha value is -3.04. The summed E-state index contributed by atoms with van der Waals surface area (Å²) in [6.07, 6.45) is -2.42. The summed E-state index contributed by atoms with van der Waals surface area (Å²) in [7, 11) is 0. The van der Waals surface area contributed by atoms with Crippen molar-refractivity contribution in [1.82, 2.24) is 14.7 Å². The van der Waals surface area contributed by atoms with Crippen molar-refractivity contribution in [2.45, 2.75) is 25.6 Å². The molecule has 3 heterocycles. The molecule has 1 saturated heterocycles. The van der Waals surface area contributed by atoms with Gasteiger partial charge < -0.3 is 14.4 Å². The van der Waals surface area contributed by atoms with Gasteiger partial charge in [0.1, 0.15) is 19.8 Å². The Morgan fingerprint density at radius 1 is 1.07 bits per heavy atom. The predicted molar refractivity (Wildman–Crippen MR) is 98.3 cm³/mol. The van der Waals surface area contributed by atoms with Crippen LogP contribution in [0.3, 0.4) is 0 Å².